The predicted molar refractivity (Wildman–Crippen MR) is 91.3 cm³/mol. The molecule has 0 aliphatic carbocycles. The Hall–Kier alpha value is -2.24. The van der Waals surface area contributed by atoms with Crippen LogP contribution in [-0.4, -0.2) is 40.7 Å². The third-order valence-corrected chi connectivity index (χ3v) is 4.29. The molecular weight excluding hydrogens is 308 g/mol. The molecular formula is C19H24O5. The van der Waals surface area contributed by atoms with Gasteiger partial charge in [-0.15, -0.1) is 0 Å². The molecule has 2 aromatic carbocycles. The number of phenolic OH excluding ortho intramolecular Hbond substituents is 2. The van der Waals surface area contributed by atoms with Gasteiger partial charge in [0, 0.05) is 13.2 Å². The number of aliphatic hydroxyl groups excluding tert-OH is 2. The van der Waals surface area contributed by atoms with Gasteiger partial charge in [0.1, 0.15) is 5.75 Å². The molecule has 0 unspecified atom stereocenters. The second-order valence-electron chi connectivity index (χ2n) is 5.97. The summed E-state index contributed by atoms with van der Waals surface area (Å²) >= 11 is 0. The van der Waals surface area contributed by atoms with Crippen molar-refractivity contribution in [3.05, 3.63) is 53.6 Å². The van der Waals surface area contributed by atoms with Crippen molar-refractivity contribution in [3.8, 4) is 17.2 Å². The third kappa shape index (κ3) is 4.63. The summed E-state index contributed by atoms with van der Waals surface area (Å²) in [7, 11) is 1.49. The van der Waals surface area contributed by atoms with Gasteiger partial charge in [0.15, 0.2) is 11.5 Å². The van der Waals surface area contributed by atoms with Crippen molar-refractivity contribution < 1.29 is 25.2 Å². The molecule has 0 fully saturated rings. The van der Waals surface area contributed by atoms with Gasteiger partial charge < -0.3 is 25.2 Å². The molecule has 0 saturated heterocycles. The Morgan fingerprint density at radius 1 is 0.875 bits per heavy atom. The molecule has 0 spiro atoms. The number of rotatable bonds is 8. The van der Waals surface area contributed by atoms with Crippen molar-refractivity contribution in [2.45, 2.75) is 12.8 Å². The minimum atomic E-state index is -0.147. The molecule has 0 radical (unpaired) electrons. The topological polar surface area (TPSA) is 90.2 Å². The molecule has 0 bridgehead atoms. The number of benzene rings is 2. The van der Waals surface area contributed by atoms with Gasteiger partial charge in [0.05, 0.1) is 7.11 Å². The highest BCUT2D eigenvalue weighted by Gasteiger charge is 2.22. The summed E-state index contributed by atoms with van der Waals surface area (Å²) in [5.74, 6) is 0.356. The molecule has 2 rings (SSSR count). The second kappa shape index (κ2) is 8.57. The Balaban J connectivity index is 2.12. The summed E-state index contributed by atoms with van der Waals surface area (Å²) in [6.07, 6.45) is 1.11. The van der Waals surface area contributed by atoms with E-state index in [-0.39, 0.29) is 36.5 Å². The maximum Gasteiger partial charge on any atom is 0.160 e. The first-order valence-electron chi connectivity index (χ1n) is 7.92. The second-order valence-corrected chi connectivity index (χ2v) is 5.97. The average Bonchev–Trinajstić information content (AvgIpc) is 2.59. The Kier molecular flexibility index (Phi) is 6.46. The largest absolute Gasteiger partial charge is 0.508 e. The highest BCUT2D eigenvalue weighted by atomic mass is 16.5. The van der Waals surface area contributed by atoms with E-state index >= 15 is 0 Å². The lowest BCUT2D eigenvalue weighted by molar-refractivity contribution is 0.119. The third-order valence-electron chi connectivity index (χ3n) is 4.29. The molecule has 5 nitrogen and oxygen atoms in total. The summed E-state index contributed by atoms with van der Waals surface area (Å²) in [5.41, 5.74) is 1.83. The summed E-state index contributed by atoms with van der Waals surface area (Å²) < 4.78 is 5.11. The van der Waals surface area contributed by atoms with Crippen molar-refractivity contribution in [3.63, 3.8) is 0 Å². The normalized spacial score (nSPS) is 13.5. The van der Waals surface area contributed by atoms with E-state index in [0.29, 0.717) is 18.6 Å². The lowest BCUT2D eigenvalue weighted by atomic mass is 9.83. The van der Waals surface area contributed by atoms with Crippen LogP contribution < -0.4 is 4.74 Å². The fraction of sp³-hybridized carbons (Fsp3) is 0.368. The van der Waals surface area contributed by atoms with Crippen LogP contribution in [0.1, 0.15) is 11.1 Å². The van der Waals surface area contributed by atoms with Gasteiger partial charge in [-0.3, -0.25) is 0 Å². The Labute approximate surface area is 141 Å². The summed E-state index contributed by atoms with van der Waals surface area (Å²) in [4.78, 5) is 0. The first kappa shape index (κ1) is 18.1. The molecule has 130 valence electrons. The molecule has 0 saturated carbocycles. The van der Waals surface area contributed by atoms with E-state index in [4.69, 9.17) is 4.74 Å². The van der Waals surface area contributed by atoms with E-state index in [1.807, 2.05) is 6.07 Å². The summed E-state index contributed by atoms with van der Waals surface area (Å²) in [5, 5.41) is 38.7. The number of phenols is 2. The molecule has 4 N–H and O–H groups in total. The van der Waals surface area contributed by atoms with Gasteiger partial charge in [-0.2, -0.15) is 0 Å². The molecule has 0 aliphatic heterocycles. The highest BCUT2D eigenvalue weighted by Crippen LogP contribution is 2.29. The number of aliphatic hydroxyl groups is 2. The molecule has 2 aromatic rings. The minimum Gasteiger partial charge on any atom is -0.508 e. The SMILES string of the molecule is COc1cc(C[C@@H](CO)[C@H](CO)Cc2cccc(O)c2)ccc1O. The van der Waals surface area contributed by atoms with Crippen LogP contribution in [-0.2, 0) is 12.8 Å². The molecule has 5 heteroatoms. The van der Waals surface area contributed by atoms with Crippen LogP contribution >= 0.6 is 0 Å². The van der Waals surface area contributed by atoms with E-state index in [2.05, 4.69) is 0 Å². The Morgan fingerprint density at radius 3 is 2.04 bits per heavy atom. The molecule has 0 amide bonds. The lowest BCUT2D eigenvalue weighted by Crippen LogP contribution is -2.26. The predicted octanol–water partition coefficient (Wildman–Crippen LogP) is 2.11. The molecule has 24 heavy (non-hydrogen) atoms. The van der Waals surface area contributed by atoms with Gasteiger partial charge in [-0.1, -0.05) is 18.2 Å². The standard InChI is InChI=1S/C19H24O5/c1-24-19-10-14(5-6-18(19)23)8-16(12-21)15(11-20)7-13-3-2-4-17(22)9-13/h2-6,9-10,15-16,20-23H,7-8,11-12H2,1H3/t15-,16-/m0/s1. The van der Waals surface area contributed by atoms with E-state index < -0.39 is 0 Å². The van der Waals surface area contributed by atoms with Gasteiger partial charge in [-0.05, 0) is 60.1 Å². The van der Waals surface area contributed by atoms with Crippen molar-refractivity contribution in [2.75, 3.05) is 20.3 Å². The van der Waals surface area contributed by atoms with E-state index in [1.165, 1.54) is 7.11 Å². The van der Waals surface area contributed by atoms with E-state index in [9.17, 15) is 20.4 Å². The number of methoxy groups -OCH3 is 1. The first-order chi connectivity index (χ1) is 11.6. The van der Waals surface area contributed by atoms with Crippen LogP contribution in [0.5, 0.6) is 17.2 Å². The summed E-state index contributed by atoms with van der Waals surface area (Å²) in [6, 6.07) is 12.0. The van der Waals surface area contributed by atoms with Gasteiger partial charge in [0.2, 0.25) is 0 Å². The fourth-order valence-electron chi connectivity index (χ4n) is 2.90. The minimum absolute atomic E-state index is 0.0594. The van der Waals surface area contributed by atoms with Crippen molar-refractivity contribution in [2.24, 2.45) is 11.8 Å². The van der Waals surface area contributed by atoms with Crippen molar-refractivity contribution in [1.29, 1.82) is 0 Å². The van der Waals surface area contributed by atoms with E-state index in [0.717, 1.165) is 11.1 Å². The molecule has 0 aromatic heterocycles. The van der Waals surface area contributed by atoms with Crippen molar-refractivity contribution in [1.82, 2.24) is 0 Å². The zero-order valence-corrected chi connectivity index (χ0v) is 13.7. The average molecular weight is 332 g/mol. The molecule has 0 aliphatic rings. The van der Waals surface area contributed by atoms with Gasteiger partial charge in [-0.25, -0.2) is 0 Å². The van der Waals surface area contributed by atoms with Crippen molar-refractivity contribution >= 4 is 0 Å². The van der Waals surface area contributed by atoms with Crippen LogP contribution in [0.15, 0.2) is 42.5 Å². The Morgan fingerprint density at radius 2 is 1.50 bits per heavy atom. The fourth-order valence-corrected chi connectivity index (χ4v) is 2.90. The number of ether oxygens (including phenoxy) is 1. The maximum atomic E-state index is 9.76. The molecule has 2 atom stereocenters. The number of aromatic hydroxyl groups is 2. The lowest BCUT2D eigenvalue weighted by Gasteiger charge is -2.24. The van der Waals surface area contributed by atoms with Crippen LogP contribution in [0.4, 0.5) is 0 Å². The smallest absolute Gasteiger partial charge is 0.160 e. The first-order valence-corrected chi connectivity index (χ1v) is 7.92. The number of hydrogen-bond donors (Lipinski definition) is 4. The zero-order valence-electron chi connectivity index (χ0n) is 13.7. The number of hydrogen-bond acceptors (Lipinski definition) is 5. The maximum absolute atomic E-state index is 9.76. The quantitative estimate of drug-likeness (QED) is 0.594. The van der Waals surface area contributed by atoms with Crippen LogP contribution in [0.3, 0.4) is 0 Å². The van der Waals surface area contributed by atoms with Crippen LogP contribution in [0.2, 0.25) is 0 Å². The Bertz CT molecular complexity index is 656. The van der Waals surface area contributed by atoms with E-state index in [1.54, 1.807) is 36.4 Å². The zero-order chi connectivity index (χ0) is 17.5. The van der Waals surface area contributed by atoms with Gasteiger partial charge in [0.25, 0.3) is 0 Å². The summed E-state index contributed by atoms with van der Waals surface area (Å²) in [6.45, 7) is -0.122. The monoisotopic (exact) mass is 332 g/mol. The molecule has 0 heterocycles. The highest BCUT2D eigenvalue weighted by molar-refractivity contribution is 5.41. The van der Waals surface area contributed by atoms with Crippen LogP contribution in [0.25, 0.3) is 0 Å². The van der Waals surface area contributed by atoms with Crippen LogP contribution in [0, 0.1) is 11.8 Å². The van der Waals surface area contributed by atoms with Gasteiger partial charge >= 0.3 is 0 Å².